The normalized spacial score (nSPS) is 18.9. The molecule has 0 aliphatic carbocycles. The minimum atomic E-state index is -0.0371. The lowest BCUT2D eigenvalue weighted by Gasteiger charge is -2.21. The van der Waals surface area contributed by atoms with E-state index < -0.39 is 0 Å². The van der Waals surface area contributed by atoms with Crippen LogP contribution in [-0.4, -0.2) is 41.7 Å². The van der Waals surface area contributed by atoms with E-state index in [0.29, 0.717) is 6.10 Å². The van der Waals surface area contributed by atoms with Crippen molar-refractivity contribution >= 4 is 11.7 Å². The van der Waals surface area contributed by atoms with Crippen LogP contribution in [-0.2, 0) is 4.74 Å². The van der Waals surface area contributed by atoms with Gasteiger partial charge in [-0.15, -0.1) is 0 Å². The molecule has 5 heteroatoms. The second kappa shape index (κ2) is 8.13. The monoisotopic (exact) mass is 305 g/mol. The highest BCUT2D eigenvalue weighted by Crippen LogP contribution is 2.17. The Morgan fingerprint density at radius 1 is 1.36 bits per heavy atom. The fourth-order valence-corrected chi connectivity index (χ4v) is 2.73. The van der Waals surface area contributed by atoms with E-state index in [1.165, 1.54) is 0 Å². The van der Waals surface area contributed by atoms with Crippen LogP contribution >= 0.6 is 0 Å². The van der Waals surface area contributed by atoms with Crippen LogP contribution in [0.4, 0.5) is 10.5 Å². The standard InChI is InChI=1S/C17H27N3O2/c1-4-12-22-15-6-5-10-20(11-9-15)17(21)19-16-8-7-13(2)18-14(16)3/h7-8,15H,4-6,9-12H2,1-3H3,(H,19,21). The summed E-state index contributed by atoms with van der Waals surface area (Å²) in [5, 5.41) is 2.98. The highest BCUT2D eigenvalue weighted by atomic mass is 16.5. The summed E-state index contributed by atoms with van der Waals surface area (Å²) in [7, 11) is 0. The van der Waals surface area contributed by atoms with Gasteiger partial charge < -0.3 is 15.0 Å². The number of hydrogen-bond donors (Lipinski definition) is 1. The molecule has 1 atom stereocenters. The Morgan fingerprint density at radius 2 is 2.18 bits per heavy atom. The lowest BCUT2D eigenvalue weighted by molar-refractivity contribution is 0.0446. The molecule has 2 rings (SSSR count). The number of urea groups is 1. The maximum absolute atomic E-state index is 12.4. The first-order valence-electron chi connectivity index (χ1n) is 8.22. The quantitative estimate of drug-likeness (QED) is 0.926. The zero-order chi connectivity index (χ0) is 15.9. The summed E-state index contributed by atoms with van der Waals surface area (Å²) in [5.74, 6) is 0. The van der Waals surface area contributed by atoms with E-state index >= 15 is 0 Å². The van der Waals surface area contributed by atoms with Crippen molar-refractivity contribution in [1.82, 2.24) is 9.88 Å². The van der Waals surface area contributed by atoms with Crippen LogP contribution in [0.15, 0.2) is 12.1 Å². The molecule has 1 saturated heterocycles. The van der Waals surface area contributed by atoms with Crippen molar-refractivity contribution in [3.63, 3.8) is 0 Å². The molecule has 2 amide bonds. The topological polar surface area (TPSA) is 54.5 Å². The van der Waals surface area contributed by atoms with Gasteiger partial charge in [0.05, 0.1) is 17.5 Å². The van der Waals surface area contributed by atoms with Gasteiger partial charge in [-0.25, -0.2) is 4.79 Å². The molecule has 1 aromatic rings. The Hall–Kier alpha value is -1.62. The maximum atomic E-state index is 12.4. The van der Waals surface area contributed by atoms with E-state index in [1.807, 2.05) is 30.9 Å². The molecule has 0 saturated carbocycles. The first kappa shape index (κ1) is 16.7. The van der Waals surface area contributed by atoms with Gasteiger partial charge >= 0.3 is 6.03 Å². The van der Waals surface area contributed by atoms with Gasteiger partial charge in [0, 0.05) is 25.4 Å². The minimum Gasteiger partial charge on any atom is -0.378 e. The van der Waals surface area contributed by atoms with E-state index in [0.717, 1.165) is 62.5 Å². The lowest BCUT2D eigenvalue weighted by atomic mass is 10.2. The predicted molar refractivity (Wildman–Crippen MR) is 88.2 cm³/mol. The Bertz CT molecular complexity index is 505. The van der Waals surface area contributed by atoms with Crippen molar-refractivity contribution in [2.45, 2.75) is 52.6 Å². The van der Waals surface area contributed by atoms with Gasteiger partial charge in [-0.2, -0.15) is 0 Å². The number of carbonyl (C=O) groups excluding carboxylic acids is 1. The average Bonchev–Trinajstić information content (AvgIpc) is 2.73. The molecule has 1 aliphatic rings. The van der Waals surface area contributed by atoms with Gasteiger partial charge in [0.25, 0.3) is 0 Å². The van der Waals surface area contributed by atoms with E-state index in [9.17, 15) is 4.79 Å². The Morgan fingerprint density at radius 3 is 2.91 bits per heavy atom. The fourth-order valence-electron chi connectivity index (χ4n) is 2.73. The maximum Gasteiger partial charge on any atom is 0.321 e. The Balaban J connectivity index is 1.89. The van der Waals surface area contributed by atoms with Crippen LogP contribution in [0.5, 0.6) is 0 Å². The van der Waals surface area contributed by atoms with Crippen molar-refractivity contribution < 1.29 is 9.53 Å². The van der Waals surface area contributed by atoms with Gasteiger partial charge in [0.15, 0.2) is 0 Å². The predicted octanol–water partition coefficient (Wildman–Crippen LogP) is 3.51. The van der Waals surface area contributed by atoms with Gasteiger partial charge in [0.2, 0.25) is 0 Å². The Kier molecular flexibility index (Phi) is 6.19. The molecule has 122 valence electrons. The molecule has 0 bridgehead atoms. The summed E-state index contributed by atoms with van der Waals surface area (Å²) in [4.78, 5) is 18.7. The second-order valence-electron chi connectivity index (χ2n) is 5.93. The first-order chi connectivity index (χ1) is 10.6. The third kappa shape index (κ3) is 4.70. The second-order valence-corrected chi connectivity index (χ2v) is 5.93. The molecule has 2 heterocycles. The van der Waals surface area contributed by atoms with E-state index in [1.54, 1.807) is 0 Å². The molecule has 1 fully saturated rings. The first-order valence-corrected chi connectivity index (χ1v) is 8.22. The number of nitrogens with zero attached hydrogens (tertiary/aromatic N) is 2. The third-order valence-corrected chi connectivity index (χ3v) is 3.99. The number of rotatable bonds is 4. The number of pyridine rings is 1. The Labute approximate surface area is 133 Å². The van der Waals surface area contributed by atoms with Gasteiger partial charge in [0.1, 0.15) is 0 Å². The van der Waals surface area contributed by atoms with Crippen LogP contribution < -0.4 is 5.32 Å². The zero-order valence-electron chi connectivity index (χ0n) is 13.9. The van der Waals surface area contributed by atoms with Gasteiger partial charge in [-0.3, -0.25) is 4.98 Å². The number of nitrogens with one attached hydrogen (secondary N) is 1. The molecule has 1 aliphatic heterocycles. The number of hydrogen-bond acceptors (Lipinski definition) is 3. The number of carbonyl (C=O) groups is 1. The average molecular weight is 305 g/mol. The minimum absolute atomic E-state index is 0.0371. The molecule has 1 N–H and O–H groups in total. The number of ether oxygens (including phenoxy) is 1. The van der Waals surface area contributed by atoms with E-state index in [2.05, 4.69) is 17.2 Å². The molecule has 0 aromatic carbocycles. The SMILES string of the molecule is CCCOC1CCCN(C(=O)Nc2ccc(C)nc2C)CC1. The summed E-state index contributed by atoms with van der Waals surface area (Å²) in [6.45, 7) is 8.33. The van der Waals surface area contributed by atoms with Crippen LogP contribution in [0.2, 0.25) is 0 Å². The molecular formula is C17H27N3O2. The van der Waals surface area contributed by atoms with Crippen molar-refractivity contribution in [2.75, 3.05) is 25.0 Å². The van der Waals surface area contributed by atoms with Crippen LogP contribution in [0.3, 0.4) is 0 Å². The van der Waals surface area contributed by atoms with Gasteiger partial charge in [-0.05, 0) is 51.7 Å². The fraction of sp³-hybridized carbons (Fsp3) is 0.647. The highest BCUT2D eigenvalue weighted by Gasteiger charge is 2.21. The van der Waals surface area contributed by atoms with Crippen LogP contribution in [0, 0.1) is 13.8 Å². The van der Waals surface area contributed by atoms with Crippen molar-refractivity contribution in [1.29, 1.82) is 0 Å². The summed E-state index contributed by atoms with van der Waals surface area (Å²) in [5.41, 5.74) is 2.60. The molecule has 1 unspecified atom stereocenters. The number of anilines is 1. The molecule has 0 spiro atoms. The van der Waals surface area contributed by atoms with Crippen LogP contribution in [0.25, 0.3) is 0 Å². The van der Waals surface area contributed by atoms with Gasteiger partial charge in [-0.1, -0.05) is 6.92 Å². The van der Waals surface area contributed by atoms with Crippen molar-refractivity contribution in [2.24, 2.45) is 0 Å². The van der Waals surface area contributed by atoms with E-state index in [4.69, 9.17) is 4.74 Å². The molecular weight excluding hydrogens is 278 g/mol. The summed E-state index contributed by atoms with van der Waals surface area (Å²) >= 11 is 0. The highest BCUT2D eigenvalue weighted by molar-refractivity contribution is 5.89. The molecule has 0 radical (unpaired) electrons. The molecule has 22 heavy (non-hydrogen) atoms. The lowest BCUT2D eigenvalue weighted by Crippen LogP contribution is -2.36. The zero-order valence-corrected chi connectivity index (χ0v) is 13.9. The van der Waals surface area contributed by atoms with Crippen LogP contribution in [0.1, 0.15) is 44.0 Å². The summed E-state index contributed by atoms with van der Waals surface area (Å²) in [6, 6.07) is 3.80. The third-order valence-electron chi connectivity index (χ3n) is 3.99. The van der Waals surface area contributed by atoms with Crippen molar-refractivity contribution in [3.05, 3.63) is 23.5 Å². The summed E-state index contributed by atoms with van der Waals surface area (Å²) in [6.07, 6.45) is 4.28. The smallest absolute Gasteiger partial charge is 0.321 e. The van der Waals surface area contributed by atoms with Crippen molar-refractivity contribution in [3.8, 4) is 0 Å². The van der Waals surface area contributed by atoms with E-state index in [-0.39, 0.29) is 6.03 Å². The number of likely N-dealkylation sites (tertiary alicyclic amines) is 1. The number of aromatic nitrogens is 1. The number of amides is 2. The number of aryl methyl sites for hydroxylation is 2. The molecule has 5 nitrogen and oxygen atoms in total. The largest absolute Gasteiger partial charge is 0.378 e. The summed E-state index contributed by atoms with van der Waals surface area (Å²) < 4.78 is 5.82. The molecule has 1 aromatic heterocycles.